The Kier molecular flexibility index (Phi) is 3.43. The summed E-state index contributed by atoms with van der Waals surface area (Å²) in [6, 6.07) is 1.91. The maximum Gasteiger partial charge on any atom is 0.328 e. The number of nitrogens with zero attached hydrogens (tertiary/aromatic N) is 2. The van der Waals surface area contributed by atoms with Gasteiger partial charge in [0.1, 0.15) is 11.1 Å². The molecule has 1 aromatic heterocycles. The van der Waals surface area contributed by atoms with Crippen molar-refractivity contribution in [3.63, 3.8) is 0 Å². The molecule has 2 N–H and O–H groups in total. The van der Waals surface area contributed by atoms with Crippen molar-refractivity contribution in [2.45, 2.75) is 58.2 Å². The predicted octanol–water partition coefficient (Wildman–Crippen LogP) is 1.64. The number of carbonyl (C=O) groups excluding carboxylic acids is 1. The summed E-state index contributed by atoms with van der Waals surface area (Å²) in [6.45, 7) is 7.86. The van der Waals surface area contributed by atoms with E-state index >= 15 is 0 Å². The lowest BCUT2D eigenvalue weighted by Gasteiger charge is -2.31. The second-order valence-electron chi connectivity index (χ2n) is 6.47. The summed E-state index contributed by atoms with van der Waals surface area (Å²) in [5.41, 5.74) is 5.80. The van der Waals surface area contributed by atoms with Gasteiger partial charge in [-0.15, -0.1) is 0 Å². The first-order valence-corrected chi connectivity index (χ1v) is 6.73. The molecule has 5 heteroatoms. The number of aromatic nitrogens is 2. The fraction of sp³-hybridized carbons (Fsp3) is 0.714. The third-order valence-electron chi connectivity index (χ3n) is 3.28. The van der Waals surface area contributed by atoms with Crippen LogP contribution in [0.15, 0.2) is 12.3 Å². The Morgan fingerprint density at radius 3 is 2.58 bits per heavy atom. The summed E-state index contributed by atoms with van der Waals surface area (Å²) in [6.07, 6.45) is 3.82. The molecule has 106 valence electrons. The highest BCUT2D eigenvalue weighted by Crippen LogP contribution is 2.40. The molecule has 0 amide bonds. The molecule has 0 radical (unpaired) electrons. The van der Waals surface area contributed by atoms with E-state index in [4.69, 9.17) is 10.5 Å². The van der Waals surface area contributed by atoms with Crippen molar-refractivity contribution in [3.05, 3.63) is 18.0 Å². The summed E-state index contributed by atoms with van der Waals surface area (Å²) in [5, 5.41) is 4.31. The van der Waals surface area contributed by atoms with Crippen LogP contribution in [0.2, 0.25) is 0 Å². The van der Waals surface area contributed by atoms with Gasteiger partial charge in [-0.2, -0.15) is 5.10 Å². The monoisotopic (exact) mass is 265 g/mol. The number of aryl methyl sites for hydroxylation is 1. The Morgan fingerprint density at radius 1 is 1.53 bits per heavy atom. The van der Waals surface area contributed by atoms with Crippen LogP contribution in [0.3, 0.4) is 0 Å². The van der Waals surface area contributed by atoms with Gasteiger partial charge in [-0.25, -0.2) is 4.79 Å². The van der Waals surface area contributed by atoms with Crippen LogP contribution in [-0.2, 0) is 16.1 Å². The van der Waals surface area contributed by atoms with Gasteiger partial charge in [0.15, 0.2) is 0 Å². The van der Waals surface area contributed by atoms with Crippen LogP contribution in [-0.4, -0.2) is 26.9 Å². The molecule has 1 atom stereocenters. The van der Waals surface area contributed by atoms with E-state index in [0.29, 0.717) is 6.54 Å². The van der Waals surface area contributed by atoms with E-state index in [9.17, 15) is 4.79 Å². The molecule has 1 heterocycles. The summed E-state index contributed by atoms with van der Waals surface area (Å²) in [7, 11) is 0. The van der Waals surface area contributed by atoms with E-state index in [2.05, 4.69) is 5.10 Å². The van der Waals surface area contributed by atoms with E-state index in [0.717, 1.165) is 18.5 Å². The number of nitrogens with two attached hydrogens (primary N) is 1. The van der Waals surface area contributed by atoms with Gasteiger partial charge in [-0.1, -0.05) is 0 Å². The van der Waals surface area contributed by atoms with Gasteiger partial charge >= 0.3 is 5.97 Å². The molecule has 1 unspecified atom stereocenters. The van der Waals surface area contributed by atoms with Gasteiger partial charge in [0.2, 0.25) is 0 Å². The molecular formula is C14H23N3O2. The highest BCUT2D eigenvalue weighted by molar-refractivity contribution is 5.81. The largest absolute Gasteiger partial charge is 0.459 e. The molecule has 5 nitrogen and oxygen atoms in total. The Balaban J connectivity index is 2.15. The first-order chi connectivity index (χ1) is 8.71. The summed E-state index contributed by atoms with van der Waals surface area (Å²) in [4.78, 5) is 12.4. The molecule has 1 saturated carbocycles. The quantitative estimate of drug-likeness (QED) is 0.840. The van der Waals surface area contributed by atoms with E-state index in [1.165, 1.54) is 0 Å². The molecule has 1 aliphatic carbocycles. The third kappa shape index (κ3) is 3.35. The van der Waals surface area contributed by atoms with Crippen LogP contribution >= 0.6 is 0 Å². The van der Waals surface area contributed by atoms with Gasteiger partial charge < -0.3 is 10.5 Å². The van der Waals surface area contributed by atoms with Crippen molar-refractivity contribution in [1.82, 2.24) is 9.78 Å². The fourth-order valence-corrected chi connectivity index (χ4v) is 2.15. The lowest BCUT2D eigenvalue weighted by molar-refractivity contribution is -0.163. The number of carbonyl (C=O) groups is 1. The second kappa shape index (κ2) is 4.63. The van der Waals surface area contributed by atoms with E-state index < -0.39 is 11.1 Å². The highest BCUT2D eigenvalue weighted by Gasteiger charge is 2.50. The van der Waals surface area contributed by atoms with Crippen LogP contribution in [0.5, 0.6) is 0 Å². The SMILES string of the molecule is Cc1ccn(CC(N)(C(=O)OC(C)(C)C)C2CC2)n1. The molecule has 0 saturated heterocycles. The number of hydrogen-bond acceptors (Lipinski definition) is 4. The van der Waals surface area contributed by atoms with E-state index in [-0.39, 0.29) is 11.9 Å². The average Bonchev–Trinajstić information content (AvgIpc) is 3.02. The lowest BCUT2D eigenvalue weighted by atomic mass is 9.94. The van der Waals surface area contributed by atoms with Gasteiger partial charge in [0, 0.05) is 6.20 Å². The maximum absolute atomic E-state index is 12.4. The topological polar surface area (TPSA) is 70.1 Å². The lowest BCUT2D eigenvalue weighted by Crippen LogP contribution is -2.56. The molecule has 0 aromatic carbocycles. The van der Waals surface area contributed by atoms with Gasteiger partial charge in [0.05, 0.1) is 12.2 Å². The summed E-state index contributed by atoms with van der Waals surface area (Å²) >= 11 is 0. The van der Waals surface area contributed by atoms with Crippen molar-refractivity contribution >= 4 is 5.97 Å². The zero-order chi connectivity index (χ0) is 14.3. The standard InChI is InChI=1S/C14H23N3O2/c1-10-7-8-17(16-10)9-14(15,11-5-6-11)12(18)19-13(2,3)4/h7-8,11H,5-6,9,15H2,1-4H3. The van der Waals surface area contributed by atoms with Crippen molar-refractivity contribution in [2.24, 2.45) is 11.7 Å². The molecule has 0 bridgehead atoms. The molecule has 19 heavy (non-hydrogen) atoms. The zero-order valence-corrected chi connectivity index (χ0v) is 12.1. The summed E-state index contributed by atoms with van der Waals surface area (Å²) in [5.74, 6) is -0.123. The molecule has 1 fully saturated rings. The van der Waals surface area contributed by atoms with Crippen LogP contribution < -0.4 is 5.73 Å². The van der Waals surface area contributed by atoms with E-state index in [1.54, 1.807) is 4.68 Å². The molecular weight excluding hydrogens is 242 g/mol. The minimum absolute atomic E-state index is 0.201. The third-order valence-corrected chi connectivity index (χ3v) is 3.28. The predicted molar refractivity (Wildman–Crippen MR) is 72.5 cm³/mol. The zero-order valence-electron chi connectivity index (χ0n) is 12.1. The number of ether oxygens (including phenoxy) is 1. The van der Waals surface area contributed by atoms with Crippen molar-refractivity contribution < 1.29 is 9.53 Å². The first kappa shape index (κ1) is 14.1. The highest BCUT2D eigenvalue weighted by atomic mass is 16.6. The smallest absolute Gasteiger partial charge is 0.328 e. The van der Waals surface area contributed by atoms with Crippen molar-refractivity contribution in [2.75, 3.05) is 0 Å². The minimum Gasteiger partial charge on any atom is -0.459 e. The molecule has 0 aliphatic heterocycles. The van der Waals surface area contributed by atoms with Crippen LogP contribution in [0.4, 0.5) is 0 Å². The number of hydrogen-bond donors (Lipinski definition) is 1. The second-order valence-corrected chi connectivity index (χ2v) is 6.47. The van der Waals surface area contributed by atoms with E-state index in [1.807, 2.05) is 40.0 Å². The molecule has 1 aliphatic rings. The Morgan fingerprint density at radius 2 is 2.16 bits per heavy atom. The van der Waals surface area contributed by atoms with Crippen molar-refractivity contribution in [1.29, 1.82) is 0 Å². The van der Waals surface area contributed by atoms with Gasteiger partial charge in [-0.3, -0.25) is 4.68 Å². The fourth-order valence-electron chi connectivity index (χ4n) is 2.15. The number of esters is 1. The Labute approximate surface area is 114 Å². The average molecular weight is 265 g/mol. The van der Waals surface area contributed by atoms with Crippen molar-refractivity contribution in [3.8, 4) is 0 Å². The molecule has 0 spiro atoms. The normalized spacial score (nSPS) is 19.0. The first-order valence-electron chi connectivity index (χ1n) is 6.73. The van der Waals surface area contributed by atoms with Crippen LogP contribution in [0, 0.1) is 12.8 Å². The number of rotatable bonds is 4. The summed E-state index contributed by atoms with van der Waals surface area (Å²) < 4.78 is 7.21. The van der Waals surface area contributed by atoms with Gasteiger partial charge in [-0.05, 0) is 52.5 Å². The van der Waals surface area contributed by atoms with Crippen LogP contribution in [0.1, 0.15) is 39.3 Å². The van der Waals surface area contributed by atoms with Gasteiger partial charge in [0.25, 0.3) is 0 Å². The maximum atomic E-state index is 12.4. The Hall–Kier alpha value is -1.36. The molecule has 2 rings (SSSR count). The Bertz CT molecular complexity index is 471. The minimum atomic E-state index is -0.967. The molecule has 1 aromatic rings. The van der Waals surface area contributed by atoms with Crippen LogP contribution in [0.25, 0.3) is 0 Å².